The maximum Gasteiger partial charge on any atom is 0.218 e. The van der Waals surface area contributed by atoms with Gasteiger partial charge in [-0.1, -0.05) is 18.2 Å². The number of hydrogen-bond acceptors (Lipinski definition) is 6. The first kappa shape index (κ1) is 11.5. The van der Waals surface area contributed by atoms with Crippen LogP contribution in [-0.4, -0.2) is 30.0 Å². The van der Waals surface area contributed by atoms with Crippen LogP contribution in [0.2, 0.25) is 0 Å². The first-order valence-electron chi connectivity index (χ1n) is 6.18. The van der Waals surface area contributed by atoms with Gasteiger partial charge in [0.1, 0.15) is 11.8 Å². The van der Waals surface area contributed by atoms with Gasteiger partial charge in [0.25, 0.3) is 0 Å². The van der Waals surface area contributed by atoms with Crippen LogP contribution in [0.25, 0.3) is 22.1 Å². The number of aromatic amines is 2. The Bertz CT molecular complexity index is 969. The highest BCUT2D eigenvalue weighted by molar-refractivity contribution is 5.94. The minimum atomic E-state index is -0.0325. The highest BCUT2D eigenvalue weighted by Crippen LogP contribution is 2.36. The molecule has 8 heteroatoms. The number of aromatic hydroxyl groups is 1. The number of benzene rings is 1. The van der Waals surface area contributed by atoms with E-state index in [-0.39, 0.29) is 5.88 Å². The molecule has 0 bridgehead atoms. The number of fused-ring (bicyclic) bond motifs is 2. The Hall–Kier alpha value is -3.29. The zero-order valence-electron chi connectivity index (χ0n) is 10.6. The molecule has 0 atom stereocenters. The maximum absolute atomic E-state index is 9.92. The van der Waals surface area contributed by atoms with Crippen LogP contribution in [0.15, 0.2) is 47.1 Å². The Balaban J connectivity index is 1.84. The smallest absolute Gasteiger partial charge is 0.218 e. The molecule has 0 aliphatic heterocycles. The van der Waals surface area contributed by atoms with Crippen LogP contribution in [0, 0.1) is 0 Å². The van der Waals surface area contributed by atoms with Crippen molar-refractivity contribution in [2.45, 2.75) is 0 Å². The van der Waals surface area contributed by atoms with Gasteiger partial charge in [0.15, 0.2) is 11.3 Å². The highest BCUT2D eigenvalue weighted by Gasteiger charge is 2.10. The molecule has 102 valence electrons. The maximum atomic E-state index is 9.92. The largest absolute Gasteiger partial charge is 0.493 e. The zero-order chi connectivity index (χ0) is 14.2. The van der Waals surface area contributed by atoms with Gasteiger partial charge in [0.2, 0.25) is 11.7 Å². The normalized spacial score (nSPS) is 11.8. The van der Waals surface area contributed by atoms with Crippen molar-refractivity contribution in [2.75, 3.05) is 0 Å². The summed E-state index contributed by atoms with van der Waals surface area (Å²) in [7, 11) is 0. The molecule has 0 unspecified atom stereocenters. The second kappa shape index (κ2) is 4.37. The summed E-state index contributed by atoms with van der Waals surface area (Å²) >= 11 is 0. The summed E-state index contributed by atoms with van der Waals surface area (Å²) in [4.78, 5) is 17.8. The number of nitrogens with one attached hydrogen (secondary N) is 2. The fourth-order valence-corrected chi connectivity index (χ4v) is 2.14. The summed E-state index contributed by atoms with van der Waals surface area (Å²) in [6, 6.07) is 7.45. The summed E-state index contributed by atoms with van der Waals surface area (Å²) in [5.74, 6) is 0.331. The third-order valence-electron chi connectivity index (χ3n) is 3.11. The molecule has 3 N–H and O–H groups in total. The topological polar surface area (TPSA) is 115 Å². The second-order valence-corrected chi connectivity index (χ2v) is 4.37. The van der Waals surface area contributed by atoms with Gasteiger partial charge in [0.05, 0.1) is 11.8 Å². The molecule has 1 aromatic carbocycles. The number of H-pyrrole nitrogens is 2. The van der Waals surface area contributed by atoms with Crippen molar-refractivity contribution in [3.63, 3.8) is 0 Å². The number of azo groups is 1. The Morgan fingerprint density at radius 3 is 2.90 bits per heavy atom. The lowest BCUT2D eigenvalue weighted by Crippen LogP contribution is -1.80. The summed E-state index contributed by atoms with van der Waals surface area (Å²) in [5, 5.41) is 18.9. The van der Waals surface area contributed by atoms with Crippen molar-refractivity contribution in [1.29, 1.82) is 0 Å². The van der Waals surface area contributed by atoms with Gasteiger partial charge in [-0.05, 0) is 6.07 Å². The van der Waals surface area contributed by atoms with E-state index >= 15 is 0 Å². The van der Waals surface area contributed by atoms with Crippen molar-refractivity contribution < 1.29 is 5.11 Å². The van der Waals surface area contributed by atoms with Crippen molar-refractivity contribution in [1.82, 2.24) is 24.9 Å². The molecule has 0 saturated heterocycles. The molecule has 0 radical (unpaired) electrons. The Morgan fingerprint density at radius 1 is 1.05 bits per heavy atom. The first-order chi connectivity index (χ1) is 10.3. The van der Waals surface area contributed by atoms with Gasteiger partial charge >= 0.3 is 0 Å². The predicted octanol–water partition coefficient (Wildman–Crippen LogP) is 2.96. The SMILES string of the molecule is Oc1[nH]c2ccccc2c1N=Nc1ncnc2nc[nH]c12. The standard InChI is InChI=1S/C13H9N7O/c21-13-9(7-3-1-2-4-8(7)18-13)19-20-12-10-11(15-5-14-10)16-6-17-12/h1-6,18,21H,(H,14,15,16,17). The van der Waals surface area contributed by atoms with Crippen LogP contribution in [-0.2, 0) is 0 Å². The number of rotatable bonds is 2. The number of aromatic nitrogens is 5. The molecular formula is C13H9N7O. The third-order valence-corrected chi connectivity index (χ3v) is 3.11. The van der Waals surface area contributed by atoms with E-state index in [2.05, 4.69) is 35.1 Å². The van der Waals surface area contributed by atoms with Gasteiger partial charge in [-0.3, -0.25) is 0 Å². The van der Waals surface area contributed by atoms with Crippen LogP contribution >= 0.6 is 0 Å². The average Bonchev–Trinajstić information content (AvgIpc) is 3.09. The van der Waals surface area contributed by atoms with Gasteiger partial charge in [-0.15, -0.1) is 10.2 Å². The van der Waals surface area contributed by atoms with Crippen molar-refractivity contribution in [3.8, 4) is 5.88 Å². The quantitative estimate of drug-likeness (QED) is 0.489. The zero-order valence-corrected chi connectivity index (χ0v) is 10.6. The number of nitrogens with zero attached hydrogens (tertiary/aromatic N) is 5. The molecule has 0 amide bonds. The van der Waals surface area contributed by atoms with Crippen molar-refractivity contribution >= 4 is 33.6 Å². The fraction of sp³-hybridized carbons (Fsp3) is 0. The van der Waals surface area contributed by atoms with E-state index in [1.165, 1.54) is 12.7 Å². The van der Waals surface area contributed by atoms with E-state index in [1.807, 2.05) is 24.3 Å². The van der Waals surface area contributed by atoms with Gasteiger partial charge < -0.3 is 15.1 Å². The molecular weight excluding hydrogens is 270 g/mol. The summed E-state index contributed by atoms with van der Waals surface area (Å²) in [6.07, 6.45) is 2.88. The third kappa shape index (κ3) is 1.81. The summed E-state index contributed by atoms with van der Waals surface area (Å²) in [6.45, 7) is 0. The number of hydrogen-bond donors (Lipinski definition) is 3. The Kier molecular flexibility index (Phi) is 2.40. The molecule has 0 fully saturated rings. The van der Waals surface area contributed by atoms with E-state index in [4.69, 9.17) is 0 Å². The molecule has 4 aromatic rings. The monoisotopic (exact) mass is 279 g/mol. The van der Waals surface area contributed by atoms with Crippen LogP contribution in [0.5, 0.6) is 5.88 Å². The lowest BCUT2D eigenvalue weighted by Gasteiger charge is -1.93. The second-order valence-electron chi connectivity index (χ2n) is 4.37. The van der Waals surface area contributed by atoms with Crippen LogP contribution < -0.4 is 0 Å². The van der Waals surface area contributed by atoms with Gasteiger partial charge in [-0.25, -0.2) is 15.0 Å². The molecule has 3 aromatic heterocycles. The lowest BCUT2D eigenvalue weighted by atomic mass is 10.2. The van der Waals surface area contributed by atoms with Gasteiger partial charge in [-0.2, -0.15) is 0 Å². The molecule has 4 rings (SSSR count). The van der Waals surface area contributed by atoms with Crippen molar-refractivity contribution in [2.24, 2.45) is 10.2 Å². The van der Waals surface area contributed by atoms with E-state index in [1.54, 1.807) is 0 Å². The lowest BCUT2D eigenvalue weighted by molar-refractivity contribution is 0.459. The number of para-hydroxylation sites is 1. The summed E-state index contributed by atoms with van der Waals surface area (Å²) < 4.78 is 0. The molecule has 21 heavy (non-hydrogen) atoms. The molecule has 0 saturated carbocycles. The minimum absolute atomic E-state index is 0.0325. The van der Waals surface area contributed by atoms with Crippen molar-refractivity contribution in [3.05, 3.63) is 36.9 Å². The molecule has 0 aliphatic rings. The van der Waals surface area contributed by atoms with Crippen LogP contribution in [0.4, 0.5) is 11.5 Å². The first-order valence-corrected chi connectivity index (χ1v) is 6.18. The van der Waals surface area contributed by atoms with Crippen LogP contribution in [0.3, 0.4) is 0 Å². The van der Waals surface area contributed by atoms with Crippen LogP contribution in [0.1, 0.15) is 0 Å². The molecule has 3 heterocycles. The highest BCUT2D eigenvalue weighted by atomic mass is 16.3. The number of imidazole rings is 1. The fourth-order valence-electron chi connectivity index (χ4n) is 2.14. The average molecular weight is 279 g/mol. The van der Waals surface area contributed by atoms with E-state index < -0.39 is 0 Å². The van der Waals surface area contributed by atoms with E-state index in [9.17, 15) is 5.11 Å². The summed E-state index contributed by atoms with van der Waals surface area (Å²) in [5.41, 5.74) is 2.28. The minimum Gasteiger partial charge on any atom is -0.493 e. The molecule has 0 aliphatic carbocycles. The molecule has 8 nitrogen and oxygen atoms in total. The van der Waals surface area contributed by atoms with E-state index in [0.29, 0.717) is 22.7 Å². The van der Waals surface area contributed by atoms with E-state index in [0.717, 1.165) is 10.9 Å². The molecule has 0 spiro atoms. The van der Waals surface area contributed by atoms with Gasteiger partial charge in [0, 0.05) is 5.39 Å². The Labute approximate surface area is 117 Å². The predicted molar refractivity (Wildman–Crippen MR) is 75.8 cm³/mol. The Morgan fingerprint density at radius 2 is 1.95 bits per heavy atom.